The van der Waals surface area contributed by atoms with Crippen LogP contribution in [-0.4, -0.2) is 48.4 Å². The molecular weight excluding hydrogens is 344 g/mol. The van der Waals surface area contributed by atoms with Crippen molar-refractivity contribution in [1.29, 1.82) is 0 Å². The van der Waals surface area contributed by atoms with Crippen LogP contribution < -0.4 is 16.0 Å². The van der Waals surface area contributed by atoms with Crippen LogP contribution in [0.5, 0.6) is 0 Å². The number of urea groups is 1. The van der Waals surface area contributed by atoms with Crippen molar-refractivity contribution in [1.82, 2.24) is 20.9 Å². The lowest BCUT2D eigenvalue weighted by molar-refractivity contribution is -0.142. The molecule has 0 radical (unpaired) electrons. The Morgan fingerprint density at radius 2 is 2.04 bits per heavy atom. The highest BCUT2D eigenvalue weighted by atomic mass is 16.2. The monoisotopic (exact) mass is 372 g/mol. The van der Waals surface area contributed by atoms with Gasteiger partial charge in [0.15, 0.2) is 0 Å². The van der Waals surface area contributed by atoms with Gasteiger partial charge in [-0.3, -0.25) is 9.59 Å². The Hall–Kier alpha value is -2.57. The van der Waals surface area contributed by atoms with Crippen LogP contribution in [0, 0.1) is 5.41 Å². The summed E-state index contributed by atoms with van der Waals surface area (Å²) in [5.74, 6) is -0.111. The van der Waals surface area contributed by atoms with Gasteiger partial charge in [-0.15, -0.1) is 0 Å². The molecular formula is C20H28N4O3. The highest BCUT2D eigenvalue weighted by Gasteiger charge is 2.52. The van der Waals surface area contributed by atoms with Gasteiger partial charge in [0.1, 0.15) is 0 Å². The van der Waals surface area contributed by atoms with Crippen LogP contribution in [0.3, 0.4) is 0 Å². The number of rotatable bonds is 5. The molecule has 146 valence electrons. The van der Waals surface area contributed by atoms with Crippen LogP contribution in [0.15, 0.2) is 30.3 Å². The number of nitrogens with one attached hydrogen (secondary N) is 3. The number of amides is 4. The van der Waals surface area contributed by atoms with Crippen molar-refractivity contribution in [3.05, 3.63) is 35.9 Å². The minimum atomic E-state index is -0.773. The van der Waals surface area contributed by atoms with Gasteiger partial charge in [0.25, 0.3) is 0 Å². The number of benzene rings is 1. The van der Waals surface area contributed by atoms with Gasteiger partial charge < -0.3 is 20.9 Å². The van der Waals surface area contributed by atoms with E-state index >= 15 is 0 Å². The molecule has 1 aromatic carbocycles. The van der Waals surface area contributed by atoms with Crippen molar-refractivity contribution >= 4 is 17.8 Å². The molecule has 2 fully saturated rings. The van der Waals surface area contributed by atoms with E-state index in [1.165, 1.54) is 0 Å². The van der Waals surface area contributed by atoms with E-state index in [2.05, 4.69) is 16.0 Å². The third-order valence-corrected chi connectivity index (χ3v) is 5.52. The minimum Gasteiger partial charge on any atom is -0.352 e. The van der Waals surface area contributed by atoms with Crippen molar-refractivity contribution in [2.75, 3.05) is 19.6 Å². The Labute approximate surface area is 159 Å². The zero-order valence-corrected chi connectivity index (χ0v) is 15.8. The molecule has 0 bridgehead atoms. The summed E-state index contributed by atoms with van der Waals surface area (Å²) in [5, 5.41) is 8.90. The van der Waals surface area contributed by atoms with E-state index in [0.717, 1.165) is 12.0 Å². The first-order valence-electron chi connectivity index (χ1n) is 9.69. The quantitative estimate of drug-likeness (QED) is 0.730. The van der Waals surface area contributed by atoms with E-state index in [1.807, 2.05) is 37.3 Å². The summed E-state index contributed by atoms with van der Waals surface area (Å²) >= 11 is 0. The van der Waals surface area contributed by atoms with E-state index in [-0.39, 0.29) is 23.9 Å². The molecule has 27 heavy (non-hydrogen) atoms. The summed E-state index contributed by atoms with van der Waals surface area (Å²) in [6.07, 6.45) is 2.21. The Morgan fingerprint density at radius 3 is 2.78 bits per heavy atom. The van der Waals surface area contributed by atoms with Gasteiger partial charge in [-0.2, -0.15) is 0 Å². The largest absolute Gasteiger partial charge is 0.352 e. The number of hydrogen-bond acceptors (Lipinski definition) is 3. The van der Waals surface area contributed by atoms with Crippen LogP contribution in [0.4, 0.5) is 4.79 Å². The van der Waals surface area contributed by atoms with Crippen molar-refractivity contribution in [2.24, 2.45) is 5.41 Å². The van der Waals surface area contributed by atoms with Crippen molar-refractivity contribution in [2.45, 2.75) is 45.2 Å². The Balaban J connectivity index is 1.73. The predicted octanol–water partition coefficient (Wildman–Crippen LogP) is 1.39. The maximum atomic E-state index is 13.2. The van der Waals surface area contributed by atoms with Crippen LogP contribution in [0.25, 0.3) is 0 Å². The molecule has 0 aromatic heterocycles. The number of carbonyl (C=O) groups excluding carboxylic acids is 3. The second-order valence-corrected chi connectivity index (χ2v) is 7.39. The average molecular weight is 372 g/mol. The van der Waals surface area contributed by atoms with Gasteiger partial charge in [0, 0.05) is 38.6 Å². The predicted molar refractivity (Wildman–Crippen MR) is 102 cm³/mol. The molecule has 0 aliphatic carbocycles. The Kier molecular flexibility index (Phi) is 5.98. The fourth-order valence-corrected chi connectivity index (χ4v) is 3.97. The molecule has 2 saturated heterocycles. The zero-order valence-electron chi connectivity index (χ0n) is 15.8. The molecule has 2 heterocycles. The highest BCUT2D eigenvalue weighted by Crippen LogP contribution is 2.38. The van der Waals surface area contributed by atoms with Crippen LogP contribution >= 0.6 is 0 Å². The third kappa shape index (κ3) is 4.23. The molecule has 0 unspecified atom stereocenters. The first kappa shape index (κ1) is 19.2. The van der Waals surface area contributed by atoms with E-state index in [0.29, 0.717) is 45.4 Å². The van der Waals surface area contributed by atoms with Crippen molar-refractivity contribution < 1.29 is 14.4 Å². The van der Waals surface area contributed by atoms with E-state index in [4.69, 9.17) is 0 Å². The van der Waals surface area contributed by atoms with Gasteiger partial charge in [-0.05, 0) is 24.8 Å². The number of fused-ring (bicyclic) bond motifs is 1. The van der Waals surface area contributed by atoms with Gasteiger partial charge in [-0.25, -0.2) is 4.79 Å². The molecule has 2 aliphatic heterocycles. The molecule has 0 saturated carbocycles. The maximum Gasteiger partial charge on any atom is 0.317 e. The zero-order chi connectivity index (χ0) is 19.3. The lowest BCUT2D eigenvalue weighted by Crippen LogP contribution is -2.67. The average Bonchev–Trinajstić information content (AvgIpc) is 2.70. The fourth-order valence-electron chi connectivity index (χ4n) is 3.97. The van der Waals surface area contributed by atoms with E-state index in [9.17, 15) is 14.4 Å². The van der Waals surface area contributed by atoms with Crippen molar-refractivity contribution in [3.8, 4) is 0 Å². The number of nitrogens with zero attached hydrogens (tertiary/aromatic N) is 1. The summed E-state index contributed by atoms with van der Waals surface area (Å²) in [5.41, 5.74) is 0.247. The smallest absolute Gasteiger partial charge is 0.317 e. The van der Waals surface area contributed by atoms with Crippen LogP contribution in [0.2, 0.25) is 0 Å². The van der Waals surface area contributed by atoms with Gasteiger partial charge in [0.05, 0.1) is 5.41 Å². The van der Waals surface area contributed by atoms with E-state index in [1.54, 1.807) is 4.90 Å². The normalized spacial score (nSPS) is 24.6. The molecule has 4 amide bonds. The molecule has 7 heteroatoms. The van der Waals surface area contributed by atoms with Crippen LogP contribution in [-0.2, 0) is 16.1 Å². The Morgan fingerprint density at radius 1 is 1.26 bits per heavy atom. The summed E-state index contributed by atoms with van der Waals surface area (Å²) in [7, 11) is 0. The first-order chi connectivity index (χ1) is 13.0. The summed E-state index contributed by atoms with van der Waals surface area (Å²) in [6.45, 7) is 3.91. The summed E-state index contributed by atoms with van der Waals surface area (Å²) < 4.78 is 0. The number of piperidine rings is 2. The molecule has 7 nitrogen and oxygen atoms in total. The maximum absolute atomic E-state index is 13.2. The lowest BCUT2D eigenvalue weighted by atomic mass is 9.69. The highest BCUT2D eigenvalue weighted by molar-refractivity contribution is 5.89. The number of hydrogen-bond donors (Lipinski definition) is 3. The minimum absolute atomic E-state index is 0.0182. The molecule has 3 rings (SSSR count). The van der Waals surface area contributed by atoms with E-state index < -0.39 is 5.41 Å². The SMILES string of the molecule is CCCNC(=O)N1CC[C@H]2NC(=O)CC[C@]2(C(=O)NCc2ccccc2)C1. The number of carbonyl (C=O) groups is 3. The second kappa shape index (κ2) is 8.41. The molecule has 0 spiro atoms. The topological polar surface area (TPSA) is 90.5 Å². The summed E-state index contributed by atoms with van der Waals surface area (Å²) in [4.78, 5) is 39.2. The Bertz CT molecular complexity index is 694. The number of likely N-dealkylation sites (tertiary alicyclic amines) is 1. The fraction of sp³-hybridized carbons (Fsp3) is 0.550. The second-order valence-electron chi connectivity index (χ2n) is 7.39. The molecule has 2 atom stereocenters. The van der Waals surface area contributed by atoms with Gasteiger partial charge in [0.2, 0.25) is 11.8 Å². The molecule has 2 aliphatic rings. The molecule has 3 N–H and O–H groups in total. The van der Waals surface area contributed by atoms with Crippen LogP contribution in [0.1, 0.15) is 38.2 Å². The first-order valence-corrected chi connectivity index (χ1v) is 9.69. The van der Waals surface area contributed by atoms with Gasteiger partial charge in [-0.1, -0.05) is 37.3 Å². The van der Waals surface area contributed by atoms with Crippen molar-refractivity contribution in [3.63, 3.8) is 0 Å². The standard InChI is InChI=1S/C20H28N4O3/c1-2-11-21-19(27)24-12-9-16-20(14-24,10-8-17(25)23-16)18(26)22-13-15-6-4-3-5-7-15/h3-7,16H,2,8-14H2,1H3,(H,21,27)(H,22,26)(H,23,25)/t16-,20+/m1/s1. The molecule has 1 aromatic rings. The summed E-state index contributed by atoms with van der Waals surface area (Å²) in [6, 6.07) is 9.36. The third-order valence-electron chi connectivity index (χ3n) is 5.52. The lowest BCUT2D eigenvalue weighted by Gasteiger charge is -2.49. The van der Waals surface area contributed by atoms with Gasteiger partial charge >= 0.3 is 6.03 Å².